The van der Waals surface area contributed by atoms with Gasteiger partial charge >= 0.3 is 59.1 Å². The van der Waals surface area contributed by atoms with Crippen LogP contribution in [0, 0.1) is 28.6 Å². The van der Waals surface area contributed by atoms with Crippen molar-refractivity contribution in [3.05, 3.63) is 23.8 Å². The summed E-state index contributed by atoms with van der Waals surface area (Å²) in [7, 11) is -5.34. The minimum atomic E-state index is -5.34. The first-order chi connectivity index (χ1) is 13.8. The van der Waals surface area contributed by atoms with Crippen LogP contribution in [0.5, 0.6) is 0 Å². The molecule has 4 aliphatic carbocycles. The van der Waals surface area contributed by atoms with Crippen LogP contribution in [0.2, 0.25) is 0 Å². The van der Waals surface area contributed by atoms with E-state index in [1.807, 2.05) is 13.0 Å². The van der Waals surface area contributed by atoms with E-state index in [1.165, 1.54) is 0 Å². The molecule has 11 heteroatoms. The molecule has 166 valence electrons. The third-order valence-electron chi connectivity index (χ3n) is 8.46. The number of phosphoric ester groups is 1. The zero-order valence-corrected chi connectivity index (χ0v) is 24.0. The Kier molecular flexibility index (Phi) is 8.83. The molecular formula is C21H27Na2O8P. The zero-order chi connectivity index (χ0) is 22.1. The summed E-state index contributed by atoms with van der Waals surface area (Å²) in [6.45, 7) is 2.80. The molecular weight excluding hydrogens is 457 g/mol. The van der Waals surface area contributed by atoms with Gasteiger partial charge in [0.25, 0.3) is 0 Å². The first kappa shape index (κ1) is 29.1. The van der Waals surface area contributed by atoms with Crippen LogP contribution in [-0.2, 0) is 18.7 Å². The molecule has 3 saturated carbocycles. The van der Waals surface area contributed by atoms with Crippen molar-refractivity contribution >= 4 is 19.4 Å². The summed E-state index contributed by atoms with van der Waals surface area (Å²) < 4.78 is 14.9. The van der Waals surface area contributed by atoms with Crippen molar-refractivity contribution in [3.8, 4) is 0 Å². The van der Waals surface area contributed by atoms with Crippen LogP contribution < -0.4 is 68.9 Å². The fourth-order valence-electron chi connectivity index (χ4n) is 7.05. The van der Waals surface area contributed by atoms with Crippen LogP contribution in [0.4, 0.5) is 0 Å². The predicted octanol–water partition coefficient (Wildman–Crippen LogP) is -5.58. The van der Waals surface area contributed by atoms with E-state index in [0.717, 1.165) is 12.0 Å². The predicted molar refractivity (Wildman–Crippen MR) is 102 cm³/mol. The number of hydrogen-bond acceptors (Lipinski definition) is 8. The molecule has 0 amide bonds. The summed E-state index contributed by atoms with van der Waals surface area (Å²) in [5, 5.41) is 22.6. The third kappa shape index (κ3) is 4.54. The van der Waals surface area contributed by atoms with Gasteiger partial charge in [0.2, 0.25) is 0 Å². The van der Waals surface area contributed by atoms with Crippen LogP contribution in [0.15, 0.2) is 23.8 Å². The van der Waals surface area contributed by atoms with Gasteiger partial charge in [-0.15, -0.1) is 0 Å². The Morgan fingerprint density at radius 2 is 1.94 bits per heavy atom. The van der Waals surface area contributed by atoms with Gasteiger partial charge in [0.05, 0.1) is 13.9 Å². The second-order valence-corrected chi connectivity index (χ2v) is 10.9. The van der Waals surface area contributed by atoms with Crippen LogP contribution >= 0.6 is 7.82 Å². The monoisotopic (exact) mass is 484 g/mol. The second-order valence-electron chi connectivity index (χ2n) is 9.75. The van der Waals surface area contributed by atoms with Gasteiger partial charge in [0.15, 0.2) is 11.6 Å². The van der Waals surface area contributed by atoms with Gasteiger partial charge in [-0.05, 0) is 56.1 Å². The van der Waals surface area contributed by atoms with E-state index in [4.69, 9.17) is 0 Å². The minimum Gasteiger partial charge on any atom is -0.790 e. The standard InChI is InChI=1S/C21H29O8P.2Na/c1-19-7-5-13(22)9-12(19)3-4-14-15-6-8-21(25,17(24)11-29-30(26,27)28)20(15,2)10-16(23)18(14)19;;/h5,7,9,14-16,18,23,25H,3-4,6,8,10-11H2,1-2H3,(H2,26,27,28);;/q;2*+1/p-2/t14?,15?,16?,18?,19-,20-,21-;;/m0../s1. The maximum atomic E-state index is 12.8. The number of fused-ring (bicyclic) bond motifs is 5. The maximum Gasteiger partial charge on any atom is 1.00 e. The van der Waals surface area contributed by atoms with Gasteiger partial charge in [-0.25, -0.2) is 0 Å². The molecule has 32 heavy (non-hydrogen) atoms. The summed E-state index contributed by atoms with van der Waals surface area (Å²) >= 11 is 0. The van der Waals surface area contributed by atoms with Crippen molar-refractivity contribution in [2.75, 3.05) is 6.61 Å². The molecule has 0 spiro atoms. The van der Waals surface area contributed by atoms with Gasteiger partial charge in [-0.2, -0.15) is 0 Å². The maximum absolute atomic E-state index is 12.8. The van der Waals surface area contributed by atoms with Crippen molar-refractivity contribution in [2.45, 2.75) is 57.7 Å². The zero-order valence-electron chi connectivity index (χ0n) is 19.1. The fourth-order valence-corrected chi connectivity index (χ4v) is 7.32. The van der Waals surface area contributed by atoms with E-state index in [0.29, 0.717) is 12.8 Å². The Bertz CT molecular complexity index is 900. The molecule has 0 saturated heterocycles. The second kappa shape index (κ2) is 9.72. The molecule has 0 heterocycles. The molecule has 0 radical (unpaired) electrons. The molecule has 0 bridgehead atoms. The quantitative estimate of drug-likeness (QED) is 0.297. The van der Waals surface area contributed by atoms with Crippen molar-refractivity contribution in [1.82, 2.24) is 0 Å². The van der Waals surface area contributed by atoms with Gasteiger partial charge in [-0.3, -0.25) is 9.59 Å². The summed E-state index contributed by atoms with van der Waals surface area (Å²) in [4.78, 5) is 46.2. The molecule has 2 N–H and O–H groups in total. The van der Waals surface area contributed by atoms with E-state index >= 15 is 0 Å². The average Bonchev–Trinajstić information content (AvgIpc) is 2.91. The molecule has 4 unspecified atom stereocenters. The van der Waals surface area contributed by atoms with E-state index in [1.54, 1.807) is 19.1 Å². The Balaban J connectivity index is 0.00000181. The third-order valence-corrected chi connectivity index (χ3v) is 8.91. The molecule has 4 aliphatic rings. The van der Waals surface area contributed by atoms with Crippen molar-refractivity contribution < 1.29 is 97.8 Å². The van der Waals surface area contributed by atoms with Crippen molar-refractivity contribution in [1.29, 1.82) is 0 Å². The van der Waals surface area contributed by atoms with Crippen LogP contribution in [0.1, 0.15) is 46.0 Å². The Morgan fingerprint density at radius 3 is 2.56 bits per heavy atom. The van der Waals surface area contributed by atoms with Crippen LogP contribution in [0.25, 0.3) is 0 Å². The van der Waals surface area contributed by atoms with E-state index in [-0.39, 0.29) is 95.5 Å². The molecule has 8 nitrogen and oxygen atoms in total. The number of aliphatic hydroxyl groups excluding tert-OH is 1. The minimum absolute atomic E-state index is 0. The number of rotatable bonds is 4. The summed E-state index contributed by atoms with van der Waals surface area (Å²) in [5.74, 6) is -1.05. The first-order valence-corrected chi connectivity index (χ1v) is 11.8. The van der Waals surface area contributed by atoms with Gasteiger partial charge in [0.1, 0.15) is 12.2 Å². The normalized spacial score (nSPS) is 42.6. The van der Waals surface area contributed by atoms with Gasteiger partial charge < -0.3 is 29.1 Å². The number of ketones is 2. The topological polar surface area (TPSA) is 147 Å². The van der Waals surface area contributed by atoms with Crippen molar-refractivity contribution in [2.24, 2.45) is 28.6 Å². The SMILES string of the molecule is C[C@]12C=CC(=O)C=C1CCC1C2C(O)C[C@@]2(C)C1CC[C@]2(O)C(=O)COP(=O)([O-])[O-].[Na+].[Na+]. The Morgan fingerprint density at radius 1 is 1.28 bits per heavy atom. The Hall–Kier alpha value is 0.850. The smallest absolute Gasteiger partial charge is 0.790 e. The molecule has 0 aliphatic heterocycles. The summed E-state index contributed by atoms with van der Waals surface area (Å²) in [6.07, 6.45) is 6.56. The van der Waals surface area contributed by atoms with Gasteiger partial charge in [0, 0.05) is 16.7 Å². The number of aliphatic hydroxyl groups is 2. The summed E-state index contributed by atoms with van der Waals surface area (Å²) in [5.41, 5.74) is -2.27. The van der Waals surface area contributed by atoms with E-state index in [9.17, 15) is 34.2 Å². The van der Waals surface area contributed by atoms with Crippen molar-refractivity contribution in [3.63, 3.8) is 0 Å². The largest absolute Gasteiger partial charge is 1.00 e. The van der Waals surface area contributed by atoms with Crippen LogP contribution in [-0.4, -0.2) is 40.1 Å². The molecule has 3 fully saturated rings. The average molecular weight is 484 g/mol. The number of phosphoric acid groups is 1. The fraction of sp³-hybridized carbons (Fsp3) is 0.714. The van der Waals surface area contributed by atoms with Gasteiger partial charge in [-0.1, -0.05) is 25.5 Å². The number of carbonyl (C=O) groups is 2. The number of allylic oxidation sites excluding steroid dienone is 4. The number of hydrogen-bond donors (Lipinski definition) is 2. The molecule has 0 aromatic carbocycles. The number of carbonyl (C=O) groups excluding carboxylic acids is 2. The first-order valence-electron chi connectivity index (χ1n) is 10.4. The molecule has 4 rings (SSSR count). The van der Waals surface area contributed by atoms with E-state index < -0.39 is 42.7 Å². The molecule has 0 aromatic heterocycles. The molecule has 0 aromatic rings. The summed E-state index contributed by atoms with van der Waals surface area (Å²) in [6, 6.07) is 0. The Labute approximate surface area is 232 Å². The van der Waals surface area contributed by atoms with E-state index in [2.05, 4.69) is 4.52 Å². The van der Waals surface area contributed by atoms with Crippen LogP contribution in [0.3, 0.4) is 0 Å². The molecule has 7 atom stereocenters. The number of Topliss-reactive ketones (excluding diaryl/α,β-unsaturated/α-hetero) is 1.